The predicted octanol–water partition coefficient (Wildman–Crippen LogP) is 4.83. The fourth-order valence-corrected chi connectivity index (χ4v) is 3.27. The van der Waals surface area contributed by atoms with Crippen LogP contribution in [0.2, 0.25) is 5.02 Å². The summed E-state index contributed by atoms with van der Waals surface area (Å²) in [4.78, 5) is 12.9. The number of aromatic nitrogens is 2. The Labute approximate surface area is 160 Å². The molecule has 0 fully saturated rings. The van der Waals surface area contributed by atoms with E-state index in [1.54, 1.807) is 18.2 Å². The molecule has 0 unspecified atom stereocenters. The monoisotopic (exact) mass is 378 g/mol. The van der Waals surface area contributed by atoms with Crippen molar-refractivity contribution < 1.29 is 4.39 Å². The largest absolute Gasteiger partial charge is 0.274 e. The van der Waals surface area contributed by atoms with Gasteiger partial charge in [-0.3, -0.25) is 4.79 Å². The number of fused-ring (bicyclic) bond motifs is 1. The van der Waals surface area contributed by atoms with Crippen LogP contribution in [0.25, 0.3) is 10.8 Å². The van der Waals surface area contributed by atoms with Gasteiger partial charge >= 0.3 is 0 Å². The van der Waals surface area contributed by atoms with Crippen molar-refractivity contribution >= 4 is 22.4 Å². The van der Waals surface area contributed by atoms with Gasteiger partial charge in [-0.05, 0) is 41.5 Å². The molecule has 0 N–H and O–H groups in total. The zero-order valence-electron chi connectivity index (χ0n) is 14.4. The summed E-state index contributed by atoms with van der Waals surface area (Å²) in [6, 6.07) is 21.2. The van der Waals surface area contributed by atoms with Crippen LogP contribution in [0, 0.1) is 5.82 Å². The second-order valence-electron chi connectivity index (χ2n) is 6.39. The van der Waals surface area contributed by atoms with Crippen molar-refractivity contribution in [3.63, 3.8) is 0 Å². The van der Waals surface area contributed by atoms with E-state index in [-0.39, 0.29) is 17.9 Å². The van der Waals surface area contributed by atoms with Gasteiger partial charge in [-0.25, -0.2) is 9.07 Å². The summed E-state index contributed by atoms with van der Waals surface area (Å²) in [5.41, 5.74) is 2.35. The minimum Gasteiger partial charge on any atom is -0.267 e. The zero-order chi connectivity index (χ0) is 18.8. The van der Waals surface area contributed by atoms with Crippen molar-refractivity contribution in [2.75, 3.05) is 0 Å². The molecule has 1 aromatic heterocycles. The molecule has 0 atom stereocenters. The predicted molar refractivity (Wildman–Crippen MR) is 106 cm³/mol. The van der Waals surface area contributed by atoms with Gasteiger partial charge < -0.3 is 0 Å². The van der Waals surface area contributed by atoms with Gasteiger partial charge in [0.25, 0.3) is 5.56 Å². The quantitative estimate of drug-likeness (QED) is 0.510. The van der Waals surface area contributed by atoms with Crippen molar-refractivity contribution in [2.24, 2.45) is 0 Å². The van der Waals surface area contributed by atoms with Crippen molar-refractivity contribution in [1.82, 2.24) is 9.78 Å². The third-order valence-electron chi connectivity index (χ3n) is 4.45. The maximum absolute atomic E-state index is 13.5. The van der Waals surface area contributed by atoms with E-state index in [0.29, 0.717) is 22.4 Å². The first-order valence-corrected chi connectivity index (χ1v) is 8.95. The summed E-state index contributed by atoms with van der Waals surface area (Å²) in [6.45, 7) is 0.217. The van der Waals surface area contributed by atoms with Crippen LogP contribution >= 0.6 is 11.6 Å². The van der Waals surface area contributed by atoms with Gasteiger partial charge in [-0.2, -0.15) is 5.10 Å². The van der Waals surface area contributed by atoms with Crippen LogP contribution in [0.1, 0.15) is 16.8 Å². The standard InChI is InChI=1S/C22H16ClFN2O/c23-17-10-8-15(9-11-17)13-21-19-6-1-2-7-20(19)22(27)26(25-21)14-16-4-3-5-18(24)12-16/h1-12H,13-14H2. The van der Waals surface area contributed by atoms with Crippen molar-refractivity contribution in [3.05, 3.63) is 111 Å². The molecule has 134 valence electrons. The van der Waals surface area contributed by atoms with E-state index in [2.05, 4.69) is 5.10 Å². The summed E-state index contributed by atoms with van der Waals surface area (Å²) in [6.07, 6.45) is 0.571. The SMILES string of the molecule is O=c1c2ccccc2c(Cc2ccc(Cl)cc2)nn1Cc1cccc(F)c1. The number of benzene rings is 3. The Bertz CT molecular complexity index is 1170. The lowest BCUT2D eigenvalue weighted by atomic mass is 10.0. The number of rotatable bonds is 4. The second kappa shape index (κ2) is 7.33. The van der Waals surface area contributed by atoms with Gasteiger partial charge in [-0.15, -0.1) is 0 Å². The molecule has 1 heterocycles. The maximum atomic E-state index is 13.5. The summed E-state index contributed by atoms with van der Waals surface area (Å²) < 4.78 is 14.9. The molecule has 0 aliphatic rings. The average molecular weight is 379 g/mol. The zero-order valence-corrected chi connectivity index (χ0v) is 15.2. The first-order chi connectivity index (χ1) is 13.1. The Morgan fingerprint density at radius 2 is 1.63 bits per heavy atom. The lowest BCUT2D eigenvalue weighted by molar-refractivity contribution is 0.608. The van der Waals surface area contributed by atoms with E-state index in [0.717, 1.165) is 16.6 Å². The number of halogens is 2. The van der Waals surface area contributed by atoms with Crippen LogP contribution in [0.5, 0.6) is 0 Å². The number of hydrogen-bond acceptors (Lipinski definition) is 2. The third-order valence-corrected chi connectivity index (χ3v) is 4.70. The highest BCUT2D eigenvalue weighted by Gasteiger charge is 2.11. The molecular weight excluding hydrogens is 363 g/mol. The molecule has 3 nitrogen and oxygen atoms in total. The Kier molecular flexibility index (Phi) is 4.73. The van der Waals surface area contributed by atoms with Gasteiger partial charge in [-0.1, -0.05) is 54.1 Å². The summed E-state index contributed by atoms with van der Waals surface area (Å²) in [5, 5.41) is 6.70. The van der Waals surface area contributed by atoms with E-state index in [1.807, 2.05) is 42.5 Å². The van der Waals surface area contributed by atoms with E-state index in [4.69, 9.17) is 11.6 Å². The minimum atomic E-state index is -0.331. The van der Waals surface area contributed by atoms with Crippen LogP contribution in [-0.2, 0) is 13.0 Å². The molecule has 4 rings (SSSR count). The smallest absolute Gasteiger partial charge is 0.267 e. The Hall–Kier alpha value is -2.98. The fourth-order valence-electron chi connectivity index (χ4n) is 3.15. The van der Waals surface area contributed by atoms with E-state index >= 15 is 0 Å². The maximum Gasteiger partial charge on any atom is 0.274 e. The summed E-state index contributed by atoms with van der Waals surface area (Å²) in [7, 11) is 0. The summed E-state index contributed by atoms with van der Waals surface area (Å²) >= 11 is 5.97. The fraction of sp³-hybridized carbons (Fsp3) is 0.0909. The molecule has 5 heteroatoms. The van der Waals surface area contributed by atoms with Crippen LogP contribution in [0.3, 0.4) is 0 Å². The molecule has 0 saturated carbocycles. The normalized spacial score (nSPS) is 11.0. The molecule has 0 aliphatic carbocycles. The molecule has 0 radical (unpaired) electrons. The van der Waals surface area contributed by atoms with E-state index < -0.39 is 0 Å². The molecule has 0 spiro atoms. The third kappa shape index (κ3) is 3.76. The first kappa shape index (κ1) is 17.4. The average Bonchev–Trinajstić information content (AvgIpc) is 2.67. The molecule has 0 saturated heterocycles. The molecular formula is C22H16ClFN2O. The van der Waals surface area contributed by atoms with Crippen molar-refractivity contribution in [3.8, 4) is 0 Å². The Balaban J connectivity index is 1.81. The molecule has 0 aliphatic heterocycles. The minimum absolute atomic E-state index is 0.185. The van der Waals surface area contributed by atoms with Crippen LogP contribution in [0.15, 0.2) is 77.6 Å². The van der Waals surface area contributed by atoms with Gasteiger partial charge in [0, 0.05) is 16.8 Å². The van der Waals surface area contributed by atoms with Crippen molar-refractivity contribution in [2.45, 2.75) is 13.0 Å². The summed E-state index contributed by atoms with van der Waals surface area (Å²) in [5.74, 6) is -0.331. The lowest BCUT2D eigenvalue weighted by Crippen LogP contribution is -2.25. The highest BCUT2D eigenvalue weighted by Crippen LogP contribution is 2.19. The number of hydrogen-bond donors (Lipinski definition) is 0. The lowest BCUT2D eigenvalue weighted by Gasteiger charge is -2.11. The van der Waals surface area contributed by atoms with Crippen LogP contribution in [0.4, 0.5) is 4.39 Å². The van der Waals surface area contributed by atoms with E-state index in [9.17, 15) is 9.18 Å². The number of nitrogens with zero attached hydrogens (tertiary/aromatic N) is 2. The first-order valence-electron chi connectivity index (χ1n) is 8.58. The topological polar surface area (TPSA) is 34.9 Å². The molecule has 0 amide bonds. The van der Waals surface area contributed by atoms with Crippen LogP contribution < -0.4 is 5.56 Å². The molecule has 3 aromatic carbocycles. The van der Waals surface area contributed by atoms with E-state index in [1.165, 1.54) is 16.8 Å². The van der Waals surface area contributed by atoms with Crippen LogP contribution in [-0.4, -0.2) is 9.78 Å². The molecule has 4 aromatic rings. The van der Waals surface area contributed by atoms with Gasteiger partial charge in [0.2, 0.25) is 0 Å². The van der Waals surface area contributed by atoms with Gasteiger partial charge in [0.15, 0.2) is 0 Å². The second-order valence-corrected chi connectivity index (χ2v) is 6.82. The molecule has 27 heavy (non-hydrogen) atoms. The highest BCUT2D eigenvalue weighted by atomic mass is 35.5. The van der Waals surface area contributed by atoms with Crippen molar-refractivity contribution in [1.29, 1.82) is 0 Å². The Morgan fingerprint density at radius 1 is 0.889 bits per heavy atom. The Morgan fingerprint density at radius 3 is 2.37 bits per heavy atom. The highest BCUT2D eigenvalue weighted by molar-refractivity contribution is 6.30. The van der Waals surface area contributed by atoms with Gasteiger partial charge in [0.1, 0.15) is 5.82 Å². The molecule has 0 bridgehead atoms. The van der Waals surface area contributed by atoms with Gasteiger partial charge in [0.05, 0.1) is 17.6 Å².